The second-order valence-corrected chi connectivity index (χ2v) is 7.58. The lowest BCUT2D eigenvalue weighted by atomic mass is 10.1. The maximum Gasteiger partial charge on any atom is 0.228 e. The first-order chi connectivity index (χ1) is 15.2. The van der Waals surface area contributed by atoms with E-state index >= 15 is 0 Å². The molecule has 1 atom stereocenters. The average Bonchev–Trinajstić information content (AvgIpc) is 3.23. The van der Waals surface area contributed by atoms with Crippen LogP contribution in [0.4, 0.5) is 0 Å². The van der Waals surface area contributed by atoms with Gasteiger partial charge in [-0.15, -0.1) is 0 Å². The molecule has 0 radical (unpaired) electrons. The first kappa shape index (κ1) is 19.0. The molecule has 1 N–H and O–H groups in total. The summed E-state index contributed by atoms with van der Waals surface area (Å²) in [5.74, 6) is 2.10. The highest BCUT2D eigenvalue weighted by atomic mass is 16.5. The number of imidazole rings is 1. The van der Waals surface area contributed by atoms with Gasteiger partial charge < -0.3 is 9.72 Å². The number of benzene rings is 3. The molecule has 5 rings (SSSR count). The fourth-order valence-electron chi connectivity index (χ4n) is 3.44. The summed E-state index contributed by atoms with van der Waals surface area (Å²) in [5.41, 5.74) is 4.83. The molecule has 152 valence electrons. The summed E-state index contributed by atoms with van der Waals surface area (Å²) in [6.07, 6.45) is 1.82. The Morgan fingerprint density at radius 1 is 0.903 bits per heavy atom. The number of fused-ring (bicyclic) bond motifs is 2. The summed E-state index contributed by atoms with van der Waals surface area (Å²) in [4.78, 5) is 17.5. The Morgan fingerprint density at radius 2 is 1.65 bits per heavy atom. The predicted molar refractivity (Wildman–Crippen MR) is 125 cm³/mol. The van der Waals surface area contributed by atoms with E-state index in [0.29, 0.717) is 5.88 Å². The van der Waals surface area contributed by atoms with Gasteiger partial charge in [-0.05, 0) is 50.2 Å². The van der Waals surface area contributed by atoms with E-state index in [1.54, 1.807) is 0 Å². The first-order valence-electron chi connectivity index (χ1n) is 10.3. The van der Waals surface area contributed by atoms with Crippen molar-refractivity contribution in [1.82, 2.24) is 15.0 Å². The fourth-order valence-corrected chi connectivity index (χ4v) is 3.44. The third-order valence-corrected chi connectivity index (χ3v) is 5.19. The molecule has 2 heterocycles. The van der Waals surface area contributed by atoms with Crippen molar-refractivity contribution >= 4 is 28.2 Å². The summed E-state index contributed by atoms with van der Waals surface area (Å²) >= 11 is 0. The number of H-pyrrole nitrogens is 1. The van der Waals surface area contributed by atoms with Gasteiger partial charge in [0.05, 0.1) is 22.1 Å². The molecule has 5 nitrogen and oxygen atoms in total. The van der Waals surface area contributed by atoms with E-state index in [0.717, 1.165) is 39.1 Å². The zero-order valence-corrected chi connectivity index (χ0v) is 17.4. The lowest BCUT2D eigenvalue weighted by molar-refractivity contribution is 0.464. The number of nitrogens with zero attached hydrogens (tertiary/aromatic N) is 3. The monoisotopic (exact) mass is 406 g/mol. The molecule has 0 spiro atoms. The minimum absolute atomic E-state index is 0.133. The van der Waals surface area contributed by atoms with Gasteiger partial charge in [-0.25, -0.2) is 9.97 Å². The van der Waals surface area contributed by atoms with Gasteiger partial charge in [-0.1, -0.05) is 48.0 Å². The smallest absolute Gasteiger partial charge is 0.228 e. The molecule has 31 heavy (non-hydrogen) atoms. The van der Waals surface area contributed by atoms with Gasteiger partial charge in [-0.2, -0.15) is 0 Å². The van der Waals surface area contributed by atoms with Crippen molar-refractivity contribution in [2.45, 2.75) is 19.9 Å². The molecule has 0 saturated carbocycles. The molecule has 0 aliphatic heterocycles. The van der Waals surface area contributed by atoms with Crippen molar-refractivity contribution < 1.29 is 4.74 Å². The number of hydrogen-bond donors (Lipinski definition) is 1. The highest BCUT2D eigenvalue weighted by molar-refractivity contribution is 5.90. The maximum atomic E-state index is 6.13. The minimum atomic E-state index is -0.133. The number of ether oxygens (including phenoxy) is 1. The number of rotatable bonds is 5. The standard InChI is InChI=1S/C26H22N4O/c1-17-11-13-21(14-12-17)31-26-20(15-19-7-3-4-8-22(19)30-26)16-27-18(2)25-28-23-9-5-6-10-24(23)29-25/h3-16,18H,1-2H3,(H,28,29). The highest BCUT2D eigenvalue weighted by Gasteiger charge is 2.11. The Hall–Kier alpha value is -3.99. The summed E-state index contributed by atoms with van der Waals surface area (Å²) in [7, 11) is 0. The Kier molecular flexibility index (Phi) is 4.92. The van der Waals surface area contributed by atoms with Crippen LogP contribution in [-0.4, -0.2) is 21.2 Å². The molecule has 5 heteroatoms. The minimum Gasteiger partial charge on any atom is -0.438 e. The van der Waals surface area contributed by atoms with Crippen LogP contribution in [0, 0.1) is 6.92 Å². The SMILES string of the molecule is Cc1ccc(Oc2nc3ccccc3cc2C=NC(C)c2nc3ccccc3[nH]2)cc1. The summed E-state index contributed by atoms with van der Waals surface area (Å²) in [5, 5.41) is 1.04. The molecule has 0 bridgehead atoms. The summed E-state index contributed by atoms with van der Waals surface area (Å²) in [6.45, 7) is 4.07. The number of pyridine rings is 1. The molecule has 2 aromatic heterocycles. The zero-order valence-electron chi connectivity index (χ0n) is 17.4. The molecule has 0 fully saturated rings. The third-order valence-electron chi connectivity index (χ3n) is 5.19. The van der Waals surface area contributed by atoms with Crippen LogP contribution in [0.25, 0.3) is 21.9 Å². The maximum absolute atomic E-state index is 6.13. The second kappa shape index (κ2) is 8.03. The number of aromatic nitrogens is 3. The van der Waals surface area contributed by atoms with Crippen LogP contribution in [0.15, 0.2) is 83.9 Å². The van der Waals surface area contributed by atoms with Crippen LogP contribution in [0.3, 0.4) is 0 Å². The number of hydrogen-bond acceptors (Lipinski definition) is 4. The molecule has 0 aliphatic carbocycles. The van der Waals surface area contributed by atoms with Crippen LogP contribution in [0.2, 0.25) is 0 Å². The van der Waals surface area contributed by atoms with E-state index in [1.165, 1.54) is 5.56 Å². The first-order valence-corrected chi connectivity index (χ1v) is 10.3. The van der Waals surface area contributed by atoms with Gasteiger partial charge in [0.1, 0.15) is 17.6 Å². The van der Waals surface area contributed by atoms with Crippen molar-refractivity contribution in [3.05, 3.63) is 95.8 Å². The van der Waals surface area contributed by atoms with Gasteiger partial charge in [-0.3, -0.25) is 4.99 Å². The van der Waals surface area contributed by atoms with Crippen LogP contribution in [0.5, 0.6) is 11.6 Å². The second-order valence-electron chi connectivity index (χ2n) is 7.58. The Labute approximate surface area is 180 Å². The molecule has 0 amide bonds. The summed E-state index contributed by atoms with van der Waals surface area (Å²) < 4.78 is 6.13. The van der Waals surface area contributed by atoms with Crippen molar-refractivity contribution in [2.24, 2.45) is 4.99 Å². The van der Waals surface area contributed by atoms with E-state index < -0.39 is 0 Å². The number of aromatic amines is 1. The molecule has 3 aromatic carbocycles. The van der Waals surface area contributed by atoms with Gasteiger partial charge in [0, 0.05) is 11.6 Å². The van der Waals surface area contributed by atoms with E-state index in [4.69, 9.17) is 14.7 Å². The molecule has 5 aromatic rings. The van der Waals surface area contributed by atoms with E-state index in [1.807, 2.05) is 85.9 Å². The van der Waals surface area contributed by atoms with Crippen molar-refractivity contribution in [1.29, 1.82) is 0 Å². The van der Waals surface area contributed by atoms with E-state index in [2.05, 4.69) is 23.0 Å². The largest absolute Gasteiger partial charge is 0.438 e. The molecule has 0 saturated heterocycles. The van der Waals surface area contributed by atoms with Gasteiger partial charge >= 0.3 is 0 Å². The van der Waals surface area contributed by atoms with Crippen molar-refractivity contribution in [2.75, 3.05) is 0 Å². The number of aryl methyl sites for hydroxylation is 1. The number of nitrogens with one attached hydrogen (secondary N) is 1. The lowest BCUT2D eigenvalue weighted by Gasteiger charge is -2.10. The van der Waals surface area contributed by atoms with Crippen LogP contribution in [0.1, 0.15) is 29.9 Å². The van der Waals surface area contributed by atoms with Crippen LogP contribution < -0.4 is 4.74 Å². The topological polar surface area (TPSA) is 63.2 Å². The number of para-hydroxylation sites is 3. The lowest BCUT2D eigenvalue weighted by Crippen LogP contribution is -1.98. The van der Waals surface area contributed by atoms with Gasteiger partial charge in [0.25, 0.3) is 0 Å². The third kappa shape index (κ3) is 4.03. The zero-order chi connectivity index (χ0) is 21.2. The molecule has 0 aliphatic rings. The summed E-state index contributed by atoms with van der Waals surface area (Å²) in [6, 6.07) is 25.8. The normalized spacial score (nSPS) is 12.6. The van der Waals surface area contributed by atoms with E-state index in [9.17, 15) is 0 Å². The molecular weight excluding hydrogens is 384 g/mol. The fraction of sp³-hybridized carbons (Fsp3) is 0.115. The van der Waals surface area contributed by atoms with Gasteiger partial charge in [0.2, 0.25) is 5.88 Å². The molecule has 1 unspecified atom stereocenters. The average molecular weight is 406 g/mol. The van der Waals surface area contributed by atoms with E-state index in [-0.39, 0.29) is 6.04 Å². The number of aliphatic imine (C=N–C) groups is 1. The quantitative estimate of drug-likeness (QED) is 0.344. The van der Waals surface area contributed by atoms with Crippen LogP contribution in [-0.2, 0) is 0 Å². The van der Waals surface area contributed by atoms with Gasteiger partial charge in [0.15, 0.2) is 0 Å². The Morgan fingerprint density at radius 3 is 2.45 bits per heavy atom. The Balaban J connectivity index is 1.50. The molecular formula is C26H22N4O. The predicted octanol–water partition coefficient (Wildman–Crippen LogP) is 6.39. The van der Waals surface area contributed by atoms with Crippen molar-refractivity contribution in [3.8, 4) is 11.6 Å². The highest BCUT2D eigenvalue weighted by Crippen LogP contribution is 2.27. The van der Waals surface area contributed by atoms with Crippen molar-refractivity contribution in [3.63, 3.8) is 0 Å². The van der Waals surface area contributed by atoms with Crippen LogP contribution >= 0.6 is 0 Å². The Bertz CT molecular complexity index is 1350.